The van der Waals surface area contributed by atoms with Gasteiger partial charge in [-0.05, 0) is 19.9 Å². The average Bonchev–Trinajstić information content (AvgIpc) is 1.87. The Labute approximate surface area is 54.5 Å². The molecule has 0 unspecified atom stereocenters. The van der Waals surface area contributed by atoms with Gasteiger partial charge in [0.25, 0.3) is 0 Å². The van der Waals surface area contributed by atoms with Crippen LogP contribution in [0, 0.1) is 0 Å². The normalized spacial score (nSPS) is 13.8. The van der Waals surface area contributed by atoms with Gasteiger partial charge in [-0.25, -0.2) is 4.39 Å². The fourth-order valence-electron chi connectivity index (χ4n) is 0.430. The number of hydrazone groups is 1. The predicted molar refractivity (Wildman–Crippen MR) is 37.0 cm³/mol. The molecule has 52 valence electrons. The van der Waals surface area contributed by atoms with E-state index in [2.05, 4.69) is 10.5 Å². The minimum atomic E-state index is -0.288. The van der Waals surface area contributed by atoms with Crippen molar-refractivity contribution in [2.75, 3.05) is 7.05 Å². The smallest absolute Gasteiger partial charge is 0.141 e. The molecule has 2 nitrogen and oxygen atoms in total. The van der Waals surface area contributed by atoms with Gasteiger partial charge in [-0.2, -0.15) is 5.10 Å². The molecular weight excluding hydrogens is 119 g/mol. The third-order valence-corrected chi connectivity index (χ3v) is 0.879. The van der Waals surface area contributed by atoms with Crippen molar-refractivity contribution in [2.24, 2.45) is 5.10 Å². The van der Waals surface area contributed by atoms with E-state index in [-0.39, 0.29) is 5.83 Å². The average molecular weight is 130 g/mol. The molecule has 0 aliphatic heterocycles. The lowest BCUT2D eigenvalue weighted by atomic mass is 10.3. The Kier molecular flexibility index (Phi) is 3.67. The highest BCUT2D eigenvalue weighted by atomic mass is 19.1. The number of hydrogen-bond acceptors (Lipinski definition) is 2. The Morgan fingerprint density at radius 3 is 2.56 bits per heavy atom. The second kappa shape index (κ2) is 4.06. The fraction of sp³-hybridized carbons (Fsp3) is 0.500. The summed E-state index contributed by atoms with van der Waals surface area (Å²) in [4.78, 5) is 0. The van der Waals surface area contributed by atoms with Gasteiger partial charge >= 0.3 is 0 Å². The van der Waals surface area contributed by atoms with E-state index < -0.39 is 0 Å². The monoisotopic (exact) mass is 130 g/mol. The van der Waals surface area contributed by atoms with E-state index in [9.17, 15) is 4.39 Å². The Morgan fingerprint density at radius 1 is 1.67 bits per heavy atom. The summed E-state index contributed by atoms with van der Waals surface area (Å²) in [7, 11) is 1.63. The van der Waals surface area contributed by atoms with Gasteiger partial charge in [0.1, 0.15) is 5.83 Å². The van der Waals surface area contributed by atoms with Crippen LogP contribution in [0.4, 0.5) is 4.39 Å². The van der Waals surface area contributed by atoms with E-state index in [0.717, 1.165) is 0 Å². The number of hydrogen-bond donors (Lipinski definition) is 1. The zero-order chi connectivity index (χ0) is 7.28. The van der Waals surface area contributed by atoms with Crippen molar-refractivity contribution >= 4 is 5.71 Å². The van der Waals surface area contributed by atoms with Gasteiger partial charge in [0, 0.05) is 7.05 Å². The van der Waals surface area contributed by atoms with E-state index >= 15 is 0 Å². The summed E-state index contributed by atoms with van der Waals surface area (Å²) in [5.74, 6) is -0.288. The van der Waals surface area contributed by atoms with Crippen LogP contribution in [0.3, 0.4) is 0 Å². The van der Waals surface area contributed by atoms with Crippen LogP contribution in [0.15, 0.2) is 17.0 Å². The quantitative estimate of drug-likeness (QED) is 0.444. The van der Waals surface area contributed by atoms with Gasteiger partial charge in [0.2, 0.25) is 0 Å². The minimum absolute atomic E-state index is 0.288. The summed E-state index contributed by atoms with van der Waals surface area (Å²) in [5, 5.41) is 3.62. The SMILES string of the molecule is C/C=C(F)\C(C)=N\NC. The number of halogens is 1. The van der Waals surface area contributed by atoms with Gasteiger partial charge in [0.15, 0.2) is 0 Å². The van der Waals surface area contributed by atoms with Crippen molar-refractivity contribution in [3.63, 3.8) is 0 Å². The molecule has 1 N–H and O–H groups in total. The van der Waals surface area contributed by atoms with Crippen LogP contribution in [0.5, 0.6) is 0 Å². The molecule has 0 saturated carbocycles. The van der Waals surface area contributed by atoms with Crippen LogP contribution in [-0.4, -0.2) is 12.8 Å². The first-order valence-electron chi connectivity index (χ1n) is 2.75. The van der Waals surface area contributed by atoms with Crippen LogP contribution in [-0.2, 0) is 0 Å². The Bertz CT molecular complexity index is 138. The summed E-state index contributed by atoms with van der Waals surface area (Å²) in [6.07, 6.45) is 1.37. The zero-order valence-corrected chi connectivity index (χ0v) is 5.90. The second-order valence-electron chi connectivity index (χ2n) is 1.56. The zero-order valence-electron chi connectivity index (χ0n) is 5.90. The summed E-state index contributed by atoms with van der Waals surface area (Å²) in [6.45, 7) is 3.23. The van der Waals surface area contributed by atoms with Gasteiger partial charge < -0.3 is 5.43 Å². The van der Waals surface area contributed by atoms with E-state index in [0.29, 0.717) is 5.71 Å². The topological polar surface area (TPSA) is 24.4 Å². The number of rotatable bonds is 2. The molecule has 0 amide bonds. The highest BCUT2D eigenvalue weighted by Crippen LogP contribution is 1.97. The molecule has 0 saturated heterocycles. The first-order chi connectivity index (χ1) is 4.22. The van der Waals surface area contributed by atoms with Crippen LogP contribution in [0.1, 0.15) is 13.8 Å². The summed E-state index contributed by atoms with van der Waals surface area (Å²) in [6, 6.07) is 0. The van der Waals surface area contributed by atoms with Crippen molar-refractivity contribution in [3.8, 4) is 0 Å². The second-order valence-corrected chi connectivity index (χ2v) is 1.56. The summed E-state index contributed by atoms with van der Waals surface area (Å²) < 4.78 is 12.4. The predicted octanol–water partition coefficient (Wildman–Crippen LogP) is 1.46. The van der Waals surface area contributed by atoms with Crippen LogP contribution >= 0.6 is 0 Å². The molecule has 0 aromatic heterocycles. The van der Waals surface area contributed by atoms with Gasteiger partial charge in [-0.15, -0.1) is 0 Å². The van der Waals surface area contributed by atoms with Gasteiger partial charge in [-0.1, -0.05) is 0 Å². The summed E-state index contributed by atoms with van der Waals surface area (Å²) >= 11 is 0. The highest BCUT2D eigenvalue weighted by Gasteiger charge is 1.94. The van der Waals surface area contributed by atoms with Gasteiger partial charge in [-0.3, -0.25) is 0 Å². The van der Waals surface area contributed by atoms with Crippen molar-refractivity contribution < 1.29 is 4.39 Å². The van der Waals surface area contributed by atoms with Crippen molar-refractivity contribution in [3.05, 3.63) is 11.9 Å². The standard InChI is InChI=1S/C6H11FN2/c1-4-6(7)5(2)9-8-3/h4,8H,1-3H3/b6-4+,9-5+. The molecule has 0 radical (unpaired) electrons. The Morgan fingerprint density at radius 2 is 2.22 bits per heavy atom. The molecule has 9 heavy (non-hydrogen) atoms. The van der Waals surface area contributed by atoms with E-state index in [4.69, 9.17) is 0 Å². The maximum Gasteiger partial charge on any atom is 0.141 e. The molecule has 0 bridgehead atoms. The lowest BCUT2D eigenvalue weighted by Gasteiger charge is -1.93. The molecule has 0 aromatic carbocycles. The number of nitrogens with one attached hydrogen (secondary N) is 1. The van der Waals surface area contributed by atoms with Crippen LogP contribution < -0.4 is 5.43 Å². The molecule has 0 atom stereocenters. The molecule has 3 heteroatoms. The van der Waals surface area contributed by atoms with E-state index in [1.807, 2.05) is 0 Å². The van der Waals surface area contributed by atoms with Gasteiger partial charge in [0.05, 0.1) is 5.71 Å². The first kappa shape index (κ1) is 8.14. The molecule has 0 aliphatic carbocycles. The first-order valence-corrected chi connectivity index (χ1v) is 2.75. The van der Waals surface area contributed by atoms with Crippen molar-refractivity contribution in [2.45, 2.75) is 13.8 Å². The molecule has 0 aromatic rings. The maximum absolute atomic E-state index is 12.4. The highest BCUT2D eigenvalue weighted by molar-refractivity contribution is 5.95. The van der Waals surface area contributed by atoms with E-state index in [1.165, 1.54) is 6.08 Å². The summed E-state index contributed by atoms with van der Waals surface area (Å²) in [5.41, 5.74) is 2.86. The Balaban J connectivity index is 4.03. The Hall–Kier alpha value is -0.860. The molecular formula is C6H11FN2. The van der Waals surface area contributed by atoms with E-state index in [1.54, 1.807) is 20.9 Å². The van der Waals surface area contributed by atoms with Crippen molar-refractivity contribution in [1.82, 2.24) is 5.43 Å². The van der Waals surface area contributed by atoms with Crippen LogP contribution in [0.2, 0.25) is 0 Å². The maximum atomic E-state index is 12.4. The minimum Gasteiger partial charge on any atom is -0.313 e. The lowest BCUT2D eigenvalue weighted by Crippen LogP contribution is -2.01. The molecule has 0 spiro atoms. The van der Waals surface area contributed by atoms with Crippen molar-refractivity contribution in [1.29, 1.82) is 0 Å². The van der Waals surface area contributed by atoms with Crippen LogP contribution in [0.25, 0.3) is 0 Å². The molecule has 0 rings (SSSR count). The third kappa shape index (κ3) is 2.85. The molecule has 0 heterocycles. The third-order valence-electron chi connectivity index (χ3n) is 0.879. The molecule has 0 aliphatic rings. The fourth-order valence-corrected chi connectivity index (χ4v) is 0.430. The number of allylic oxidation sites excluding steroid dienone is 2. The molecule has 0 fully saturated rings. The largest absolute Gasteiger partial charge is 0.313 e. The number of nitrogens with zero attached hydrogens (tertiary/aromatic N) is 1. The lowest BCUT2D eigenvalue weighted by molar-refractivity contribution is 0.674.